The number of ether oxygens (including phenoxy) is 1. The number of nitrogens with one attached hydrogen (secondary N) is 3. The number of amides is 1. The first-order valence-electron chi connectivity index (χ1n) is 9.69. The number of ketones is 1. The minimum Gasteiger partial charge on any atom is -0.493 e. The number of carbonyl (C=O) groups excluding carboxylic acids is 2. The highest BCUT2D eigenvalue weighted by Gasteiger charge is 2.25. The van der Waals surface area contributed by atoms with E-state index in [2.05, 4.69) is 15.6 Å². The fraction of sp³-hybridized carbons (Fsp3) is 0.429. The maximum atomic E-state index is 12.6. The zero-order valence-corrected chi connectivity index (χ0v) is 15.3. The molecular formula is C21H25N3O3. The van der Waals surface area contributed by atoms with Gasteiger partial charge in [0.15, 0.2) is 5.78 Å². The highest BCUT2D eigenvalue weighted by molar-refractivity contribution is 6.13. The maximum Gasteiger partial charge on any atom is 0.257 e. The van der Waals surface area contributed by atoms with Crippen LogP contribution in [0.2, 0.25) is 0 Å². The van der Waals surface area contributed by atoms with Gasteiger partial charge in [-0.1, -0.05) is 0 Å². The van der Waals surface area contributed by atoms with E-state index in [0.717, 1.165) is 37.4 Å². The monoisotopic (exact) mass is 367 g/mol. The summed E-state index contributed by atoms with van der Waals surface area (Å²) >= 11 is 0. The van der Waals surface area contributed by atoms with Gasteiger partial charge in [-0.2, -0.15) is 0 Å². The Morgan fingerprint density at radius 1 is 1.19 bits per heavy atom. The van der Waals surface area contributed by atoms with E-state index in [1.54, 1.807) is 6.20 Å². The Balaban J connectivity index is 1.36. The third kappa shape index (κ3) is 4.06. The van der Waals surface area contributed by atoms with Crippen molar-refractivity contribution in [2.45, 2.75) is 32.1 Å². The van der Waals surface area contributed by atoms with E-state index in [0.29, 0.717) is 35.8 Å². The second-order valence-electron chi connectivity index (χ2n) is 7.33. The second-order valence-corrected chi connectivity index (χ2v) is 7.33. The maximum absolute atomic E-state index is 12.6. The van der Waals surface area contributed by atoms with Gasteiger partial charge in [0.05, 0.1) is 17.7 Å². The van der Waals surface area contributed by atoms with Crippen LogP contribution in [-0.4, -0.2) is 36.4 Å². The van der Waals surface area contributed by atoms with Crippen LogP contribution in [0.25, 0.3) is 0 Å². The Kier molecular flexibility index (Phi) is 5.25. The highest BCUT2D eigenvalue weighted by atomic mass is 16.5. The number of Topliss-reactive ketones (excluding diaryl/α,β-unsaturated/α-hetero) is 1. The number of benzene rings is 1. The predicted molar refractivity (Wildman–Crippen MR) is 104 cm³/mol. The number of piperidine rings is 1. The quantitative estimate of drug-likeness (QED) is 0.758. The number of rotatable bonds is 5. The Bertz CT molecular complexity index is 820. The van der Waals surface area contributed by atoms with E-state index in [4.69, 9.17) is 4.74 Å². The first-order chi connectivity index (χ1) is 13.2. The summed E-state index contributed by atoms with van der Waals surface area (Å²) in [6.07, 6.45) is 6.19. The molecule has 6 nitrogen and oxygen atoms in total. The lowest BCUT2D eigenvalue weighted by atomic mass is 9.93. The lowest BCUT2D eigenvalue weighted by molar-refractivity contribution is 0.0956. The molecule has 2 heterocycles. The standard InChI is InChI=1S/C21H25N3O3/c25-19-5-1-4-18-20(19)17(12-23-18)21(26)24-15-6-8-16(9-7-15)27-13-14-3-2-10-22-11-14/h6-9,12,14,22-23H,1-5,10-11,13H2,(H,24,26). The molecule has 0 spiro atoms. The van der Waals surface area contributed by atoms with Gasteiger partial charge in [-0.25, -0.2) is 0 Å². The average molecular weight is 367 g/mol. The van der Waals surface area contributed by atoms with Crippen LogP contribution in [0, 0.1) is 5.92 Å². The SMILES string of the molecule is O=C(Nc1ccc(OCC2CCCNC2)cc1)c1c[nH]c2c1C(=O)CCC2. The van der Waals surface area contributed by atoms with Crippen molar-refractivity contribution in [3.63, 3.8) is 0 Å². The summed E-state index contributed by atoms with van der Waals surface area (Å²) in [7, 11) is 0. The zero-order chi connectivity index (χ0) is 18.6. The molecule has 4 rings (SSSR count). The molecule has 1 aromatic heterocycles. The normalized spacial score (nSPS) is 19.4. The third-order valence-electron chi connectivity index (χ3n) is 5.31. The predicted octanol–water partition coefficient (Wildman–Crippen LogP) is 3.16. The molecule has 1 atom stereocenters. The lowest BCUT2D eigenvalue weighted by Crippen LogP contribution is -2.33. The van der Waals surface area contributed by atoms with E-state index in [1.807, 2.05) is 24.3 Å². The van der Waals surface area contributed by atoms with Crippen LogP contribution in [0.15, 0.2) is 30.5 Å². The molecule has 27 heavy (non-hydrogen) atoms. The number of aromatic nitrogens is 1. The van der Waals surface area contributed by atoms with Crippen LogP contribution in [0.5, 0.6) is 5.75 Å². The Morgan fingerprint density at radius 2 is 2.04 bits per heavy atom. The molecule has 3 N–H and O–H groups in total. The fourth-order valence-corrected chi connectivity index (χ4v) is 3.82. The first kappa shape index (κ1) is 17.8. The number of fused-ring (bicyclic) bond motifs is 1. The van der Waals surface area contributed by atoms with Crippen molar-refractivity contribution >= 4 is 17.4 Å². The molecule has 6 heteroatoms. The summed E-state index contributed by atoms with van der Waals surface area (Å²) in [5, 5.41) is 6.26. The Hall–Kier alpha value is -2.60. The second kappa shape index (κ2) is 7.96. The summed E-state index contributed by atoms with van der Waals surface area (Å²) < 4.78 is 5.86. The largest absolute Gasteiger partial charge is 0.493 e. The molecule has 2 aromatic rings. The van der Waals surface area contributed by atoms with E-state index >= 15 is 0 Å². The molecule has 1 aliphatic carbocycles. The Labute approximate surface area is 158 Å². The van der Waals surface area contributed by atoms with Gasteiger partial charge < -0.3 is 20.4 Å². The van der Waals surface area contributed by atoms with Crippen LogP contribution < -0.4 is 15.4 Å². The highest BCUT2D eigenvalue weighted by Crippen LogP contribution is 2.25. The number of hydrogen-bond donors (Lipinski definition) is 3. The van der Waals surface area contributed by atoms with E-state index in [9.17, 15) is 9.59 Å². The molecule has 0 saturated carbocycles. The van der Waals surface area contributed by atoms with Crippen molar-refractivity contribution in [1.82, 2.24) is 10.3 Å². The van der Waals surface area contributed by atoms with E-state index in [1.165, 1.54) is 12.8 Å². The molecule has 142 valence electrons. The fourth-order valence-electron chi connectivity index (χ4n) is 3.82. The van der Waals surface area contributed by atoms with Crippen LogP contribution in [0.1, 0.15) is 52.1 Å². The van der Waals surface area contributed by atoms with Gasteiger partial charge in [-0.05, 0) is 56.5 Å². The number of H-pyrrole nitrogens is 1. The first-order valence-corrected chi connectivity index (χ1v) is 9.69. The molecule has 1 amide bonds. The van der Waals surface area contributed by atoms with Crippen molar-refractivity contribution in [1.29, 1.82) is 0 Å². The summed E-state index contributed by atoms with van der Waals surface area (Å²) in [4.78, 5) is 27.8. The van der Waals surface area contributed by atoms with Crippen LogP contribution >= 0.6 is 0 Å². The molecular weight excluding hydrogens is 342 g/mol. The molecule has 2 aliphatic rings. The zero-order valence-electron chi connectivity index (χ0n) is 15.3. The van der Waals surface area contributed by atoms with Crippen LogP contribution in [-0.2, 0) is 6.42 Å². The Morgan fingerprint density at radius 3 is 2.81 bits per heavy atom. The smallest absolute Gasteiger partial charge is 0.257 e. The number of aromatic amines is 1. The summed E-state index contributed by atoms with van der Waals surface area (Å²) in [6.45, 7) is 2.81. The third-order valence-corrected chi connectivity index (χ3v) is 5.31. The molecule has 1 aliphatic heterocycles. The summed E-state index contributed by atoms with van der Waals surface area (Å²) in [5.41, 5.74) is 2.54. The molecule has 0 radical (unpaired) electrons. The van der Waals surface area contributed by atoms with Gasteiger partial charge in [-0.3, -0.25) is 9.59 Å². The van der Waals surface area contributed by atoms with Crippen LogP contribution in [0.3, 0.4) is 0 Å². The van der Waals surface area contributed by atoms with Gasteiger partial charge >= 0.3 is 0 Å². The molecule has 0 bridgehead atoms. The van der Waals surface area contributed by atoms with E-state index < -0.39 is 0 Å². The number of aryl methyl sites for hydroxylation is 1. The average Bonchev–Trinajstić information content (AvgIpc) is 3.14. The van der Waals surface area contributed by atoms with Crippen molar-refractivity contribution in [3.8, 4) is 5.75 Å². The van der Waals surface area contributed by atoms with Gasteiger partial charge in [0.2, 0.25) is 0 Å². The summed E-state index contributed by atoms with van der Waals surface area (Å²) in [6, 6.07) is 7.38. The van der Waals surface area contributed by atoms with Gasteiger partial charge in [0.1, 0.15) is 5.75 Å². The summed E-state index contributed by atoms with van der Waals surface area (Å²) in [5.74, 6) is 1.14. The number of anilines is 1. The van der Waals surface area contributed by atoms with Gasteiger partial charge in [0, 0.05) is 36.5 Å². The number of carbonyl (C=O) groups is 2. The number of hydrogen-bond acceptors (Lipinski definition) is 4. The minimum atomic E-state index is -0.260. The molecule has 1 unspecified atom stereocenters. The molecule has 1 saturated heterocycles. The van der Waals surface area contributed by atoms with Crippen molar-refractivity contribution in [2.75, 3.05) is 25.0 Å². The van der Waals surface area contributed by atoms with Crippen molar-refractivity contribution < 1.29 is 14.3 Å². The lowest BCUT2D eigenvalue weighted by Gasteiger charge is -2.22. The molecule has 1 aromatic carbocycles. The van der Waals surface area contributed by atoms with Crippen molar-refractivity contribution in [2.24, 2.45) is 5.92 Å². The van der Waals surface area contributed by atoms with Gasteiger partial charge in [-0.15, -0.1) is 0 Å². The van der Waals surface area contributed by atoms with Crippen molar-refractivity contribution in [3.05, 3.63) is 47.3 Å². The van der Waals surface area contributed by atoms with Gasteiger partial charge in [0.25, 0.3) is 5.91 Å². The topological polar surface area (TPSA) is 83.2 Å². The minimum absolute atomic E-state index is 0.0450. The molecule has 1 fully saturated rings. The van der Waals surface area contributed by atoms with E-state index in [-0.39, 0.29) is 11.7 Å². The van der Waals surface area contributed by atoms with Crippen LogP contribution in [0.4, 0.5) is 5.69 Å².